The van der Waals surface area contributed by atoms with E-state index in [-0.39, 0.29) is 0 Å². The normalized spacial score (nSPS) is 77.8. The first-order valence-corrected chi connectivity index (χ1v) is 5.11. The molecular formula is C11H10O. The van der Waals surface area contributed by atoms with Gasteiger partial charge in [0.25, 0.3) is 0 Å². The van der Waals surface area contributed by atoms with Crippen LogP contribution >= 0.6 is 0 Å². The summed E-state index contributed by atoms with van der Waals surface area (Å²) in [5.74, 6) is 6.73. The molecule has 0 saturated heterocycles. The zero-order valence-electron chi connectivity index (χ0n) is 6.68. The molecule has 60 valence electrons. The number of hydrogen-bond donors (Lipinski definition) is 0. The van der Waals surface area contributed by atoms with E-state index >= 15 is 0 Å². The maximum absolute atomic E-state index is 11.9. The number of hydrogen-bond acceptors (Lipinski definition) is 1. The summed E-state index contributed by atoms with van der Waals surface area (Å²) in [6.45, 7) is 0. The Morgan fingerprint density at radius 3 is 2.33 bits per heavy atom. The van der Waals surface area contributed by atoms with E-state index in [4.69, 9.17) is 0 Å². The molecule has 1 heteroatoms. The Labute approximate surface area is 70.8 Å². The van der Waals surface area contributed by atoms with Gasteiger partial charge in [0.15, 0.2) is 0 Å². The smallest absolute Gasteiger partial charge is 0.140 e. The molecule has 6 aliphatic carbocycles. The highest BCUT2D eigenvalue weighted by atomic mass is 16.1. The number of carbonyl (C=O) groups excluding carboxylic acids is 1. The fourth-order valence-electron chi connectivity index (χ4n) is 4.83. The van der Waals surface area contributed by atoms with Crippen molar-refractivity contribution >= 4 is 5.78 Å². The second-order valence-electron chi connectivity index (χ2n) is 5.30. The zero-order valence-corrected chi connectivity index (χ0v) is 6.68. The highest BCUT2D eigenvalue weighted by molar-refractivity contribution is 5.92. The Balaban J connectivity index is 1.86. The molecule has 0 radical (unpaired) electrons. The van der Waals surface area contributed by atoms with Crippen LogP contribution in [-0.2, 0) is 4.79 Å². The monoisotopic (exact) mass is 158 g/mol. The molecule has 6 aliphatic rings. The van der Waals surface area contributed by atoms with E-state index in [0.29, 0.717) is 29.5 Å². The van der Waals surface area contributed by atoms with Crippen LogP contribution in [0.1, 0.15) is 0 Å². The van der Waals surface area contributed by atoms with Crippen LogP contribution in [0, 0.1) is 47.3 Å². The molecule has 12 heavy (non-hydrogen) atoms. The van der Waals surface area contributed by atoms with E-state index in [1.807, 2.05) is 0 Å². The predicted molar refractivity (Wildman–Crippen MR) is 42.1 cm³/mol. The topological polar surface area (TPSA) is 17.1 Å². The summed E-state index contributed by atoms with van der Waals surface area (Å²) in [6, 6.07) is 0. The average molecular weight is 158 g/mol. The maximum Gasteiger partial charge on any atom is 0.140 e. The van der Waals surface area contributed by atoms with Gasteiger partial charge in [0.05, 0.1) is 0 Å². The molecule has 4 saturated carbocycles. The van der Waals surface area contributed by atoms with Crippen molar-refractivity contribution in [2.45, 2.75) is 0 Å². The first-order chi connectivity index (χ1) is 5.89. The lowest BCUT2D eigenvalue weighted by atomic mass is 9.70. The first-order valence-electron chi connectivity index (χ1n) is 5.11. The average Bonchev–Trinajstić information content (AvgIpc) is 2.73. The van der Waals surface area contributed by atoms with Gasteiger partial charge in [0.2, 0.25) is 0 Å². The van der Waals surface area contributed by atoms with Gasteiger partial charge in [-0.15, -0.1) is 0 Å². The van der Waals surface area contributed by atoms with Gasteiger partial charge in [-0.25, -0.2) is 0 Å². The molecule has 8 atom stereocenters. The van der Waals surface area contributed by atoms with E-state index < -0.39 is 0 Å². The molecule has 0 N–H and O–H groups in total. The van der Waals surface area contributed by atoms with Crippen LogP contribution in [0.4, 0.5) is 0 Å². The lowest BCUT2D eigenvalue weighted by molar-refractivity contribution is -0.129. The fraction of sp³-hybridized carbons (Fsp3) is 0.727. The van der Waals surface area contributed by atoms with Crippen molar-refractivity contribution < 1.29 is 4.79 Å². The SMILES string of the molecule is O=C1C2C3C=CC4C1C1C4C1C32. The quantitative estimate of drug-likeness (QED) is 0.483. The predicted octanol–water partition coefficient (Wildman–Crippen LogP) is 1.11. The highest BCUT2D eigenvalue weighted by Gasteiger charge is 2.83. The van der Waals surface area contributed by atoms with E-state index in [0.717, 1.165) is 23.7 Å². The van der Waals surface area contributed by atoms with Crippen LogP contribution in [0.3, 0.4) is 0 Å². The third-order valence-electron chi connectivity index (χ3n) is 5.26. The van der Waals surface area contributed by atoms with Crippen LogP contribution in [0.25, 0.3) is 0 Å². The van der Waals surface area contributed by atoms with Crippen LogP contribution in [0.15, 0.2) is 12.2 Å². The molecule has 0 heterocycles. The largest absolute Gasteiger partial charge is 0.299 e. The second kappa shape index (κ2) is 1.14. The third-order valence-corrected chi connectivity index (χ3v) is 5.26. The van der Waals surface area contributed by atoms with Gasteiger partial charge in [0, 0.05) is 11.8 Å². The summed E-state index contributed by atoms with van der Waals surface area (Å²) >= 11 is 0. The molecule has 4 bridgehead atoms. The van der Waals surface area contributed by atoms with Crippen LogP contribution in [-0.4, -0.2) is 5.78 Å². The van der Waals surface area contributed by atoms with E-state index in [1.165, 1.54) is 0 Å². The van der Waals surface area contributed by atoms with Crippen molar-refractivity contribution in [3.8, 4) is 0 Å². The number of carbonyl (C=O) groups is 1. The molecule has 0 spiro atoms. The van der Waals surface area contributed by atoms with Gasteiger partial charge in [-0.2, -0.15) is 0 Å². The van der Waals surface area contributed by atoms with Crippen molar-refractivity contribution in [2.24, 2.45) is 47.3 Å². The third kappa shape index (κ3) is 0.284. The van der Waals surface area contributed by atoms with Gasteiger partial charge < -0.3 is 0 Å². The number of allylic oxidation sites excluding steroid dienone is 2. The number of rotatable bonds is 0. The maximum atomic E-state index is 11.9. The Bertz CT molecular complexity index is 352. The fourth-order valence-corrected chi connectivity index (χ4v) is 4.83. The summed E-state index contributed by atoms with van der Waals surface area (Å²) in [4.78, 5) is 11.9. The molecule has 0 aromatic carbocycles. The standard InChI is InChI=1S/C11H10O/c12-11-7-3-1-2-4-6-9(5(3)7)10(6)8(4)11/h1-10H. The van der Waals surface area contributed by atoms with Crippen molar-refractivity contribution in [1.82, 2.24) is 0 Å². The van der Waals surface area contributed by atoms with E-state index in [1.54, 1.807) is 0 Å². The Kier molecular flexibility index (Phi) is 0.496. The van der Waals surface area contributed by atoms with Crippen LogP contribution in [0.2, 0.25) is 0 Å². The van der Waals surface area contributed by atoms with Gasteiger partial charge in [-0.3, -0.25) is 4.79 Å². The van der Waals surface area contributed by atoms with Crippen molar-refractivity contribution in [2.75, 3.05) is 0 Å². The molecule has 1 nitrogen and oxygen atoms in total. The molecule has 0 amide bonds. The summed E-state index contributed by atoms with van der Waals surface area (Å²) in [5.41, 5.74) is 0. The van der Waals surface area contributed by atoms with E-state index in [9.17, 15) is 4.79 Å². The minimum atomic E-state index is 0.505. The highest BCUT2D eigenvalue weighted by Crippen LogP contribution is 2.83. The van der Waals surface area contributed by atoms with Crippen molar-refractivity contribution in [3.05, 3.63) is 12.2 Å². The summed E-state index contributed by atoms with van der Waals surface area (Å²) in [5, 5.41) is 0. The molecule has 0 aromatic heterocycles. The van der Waals surface area contributed by atoms with Crippen LogP contribution in [0.5, 0.6) is 0 Å². The lowest BCUT2D eigenvalue weighted by Crippen LogP contribution is -2.36. The van der Waals surface area contributed by atoms with Crippen molar-refractivity contribution in [1.29, 1.82) is 0 Å². The number of Topliss-reactive ketones (excluding diaryl/α,β-unsaturated/α-hetero) is 1. The minimum absolute atomic E-state index is 0.505. The summed E-state index contributed by atoms with van der Waals surface area (Å²) in [7, 11) is 0. The molecule has 0 aliphatic heterocycles. The van der Waals surface area contributed by atoms with Crippen molar-refractivity contribution in [3.63, 3.8) is 0 Å². The first kappa shape index (κ1) is 5.21. The molecule has 6 rings (SSSR count). The molecule has 4 fully saturated rings. The Morgan fingerprint density at radius 2 is 1.50 bits per heavy atom. The Hall–Kier alpha value is -0.590. The second-order valence-corrected chi connectivity index (χ2v) is 5.30. The zero-order chi connectivity index (χ0) is 7.61. The summed E-state index contributed by atoms with van der Waals surface area (Å²) in [6.07, 6.45) is 4.74. The van der Waals surface area contributed by atoms with Gasteiger partial charge in [0.1, 0.15) is 5.78 Å². The van der Waals surface area contributed by atoms with Gasteiger partial charge >= 0.3 is 0 Å². The van der Waals surface area contributed by atoms with Gasteiger partial charge in [-0.1, -0.05) is 12.2 Å². The Morgan fingerprint density at radius 1 is 0.833 bits per heavy atom. The lowest BCUT2D eigenvalue weighted by Gasteiger charge is -2.32. The van der Waals surface area contributed by atoms with Gasteiger partial charge in [-0.05, 0) is 35.5 Å². The van der Waals surface area contributed by atoms with E-state index in [2.05, 4.69) is 12.2 Å². The number of ketones is 1. The summed E-state index contributed by atoms with van der Waals surface area (Å²) < 4.78 is 0. The molecule has 0 aromatic rings. The molecule has 8 unspecified atom stereocenters. The molecular weight excluding hydrogens is 148 g/mol. The minimum Gasteiger partial charge on any atom is -0.299 e. The van der Waals surface area contributed by atoms with Crippen LogP contribution < -0.4 is 0 Å².